The van der Waals surface area contributed by atoms with E-state index >= 15 is 0 Å². The molecule has 0 bridgehead atoms. The van der Waals surface area contributed by atoms with Gasteiger partial charge in [0.25, 0.3) is 5.91 Å². The highest BCUT2D eigenvalue weighted by molar-refractivity contribution is 6.32. The molecule has 200 valence electrons. The van der Waals surface area contributed by atoms with Crippen LogP contribution < -0.4 is 10.6 Å². The molecule has 7 nitrogen and oxygen atoms in total. The lowest BCUT2D eigenvalue weighted by molar-refractivity contribution is 0.0535. The number of alkyl carbamates (subject to hydrolysis) is 1. The first-order valence-electron chi connectivity index (χ1n) is 12.1. The smallest absolute Gasteiger partial charge is 0.408 e. The normalized spacial score (nSPS) is 11.4. The van der Waals surface area contributed by atoms with Gasteiger partial charge in [-0.3, -0.25) is 4.79 Å². The van der Waals surface area contributed by atoms with Crippen LogP contribution in [0.3, 0.4) is 0 Å². The Kier molecular flexibility index (Phi) is 8.81. The van der Waals surface area contributed by atoms with Crippen LogP contribution in [0.1, 0.15) is 63.2 Å². The predicted molar refractivity (Wildman–Crippen MR) is 152 cm³/mol. The summed E-state index contributed by atoms with van der Waals surface area (Å²) in [5.41, 5.74) is 2.82. The average Bonchev–Trinajstić information content (AvgIpc) is 3.12. The molecule has 9 heteroatoms. The van der Waals surface area contributed by atoms with Gasteiger partial charge in [-0.1, -0.05) is 47.2 Å². The summed E-state index contributed by atoms with van der Waals surface area (Å²) < 4.78 is 6.86. The summed E-state index contributed by atoms with van der Waals surface area (Å²) in [6.45, 7) is 13.1. The highest BCUT2D eigenvalue weighted by Gasteiger charge is 2.25. The Morgan fingerprint density at radius 3 is 2.26 bits per heavy atom. The van der Waals surface area contributed by atoms with Gasteiger partial charge in [-0.05, 0) is 78.8 Å². The van der Waals surface area contributed by atoms with Gasteiger partial charge < -0.3 is 15.4 Å². The number of carbonyl (C=O) groups is 2. The third-order valence-electron chi connectivity index (χ3n) is 5.07. The summed E-state index contributed by atoms with van der Waals surface area (Å²) in [5, 5.41) is 11.2. The molecule has 0 atom stereocenters. The van der Waals surface area contributed by atoms with Crippen molar-refractivity contribution in [3.63, 3.8) is 0 Å². The summed E-state index contributed by atoms with van der Waals surface area (Å²) in [6.07, 6.45) is -0.532. The first-order chi connectivity index (χ1) is 17.6. The van der Waals surface area contributed by atoms with Crippen molar-refractivity contribution in [3.05, 3.63) is 69.3 Å². The second-order valence-corrected chi connectivity index (χ2v) is 11.6. The summed E-state index contributed by atoms with van der Waals surface area (Å²) in [6, 6.07) is 12.6. The molecular weight excluding hydrogens is 523 g/mol. The highest BCUT2D eigenvalue weighted by atomic mass is 35.5. The summed E-state index contributed by atoms with van der Waals surface area (Å²) in [5.74, 6) is 5.59. The molecule has 0 aliphatic heterocycles. The van der Waals surface area contributed by atoms with E-state index < -0.39 is 17.2 Å². The molecule has 2 aromatic carbocycles. The monoisotopic (exact) mass is 554 g/mol. The number of aromatic nitrogens is 2. The number of ether oxygens (including phenoxy) is 1. The maximum absolute atomic E-state index is 13.1. The van der Waals surface area contributed by atoms with E-state index in [2.05, 4.69) is 27.6 Å². The van der Waals surface area contributed by atoms with Gasteiger partial charge in [-0.2, -0.15) is 5.10 Å². The molecule has 0 saturated heterocycles. The van der Waals surface area contributed by atoms with E-state index in [1.807, 2.05) is 39.8 Å². The van der Waals surface area contributed by atoms with Crippen molar-refractivity contribution in [3.8, 4) is 28.8 Å². The maximum atomic E-state index is 13.1. The van der Waals surface area contributed by atoms with Gasteiger partial charge >= 0.3 is 6.09 Å². The number of hydrogen-bond donors (Lipinski definition) is 2. The maximum Gasteiger partial charge on any atom is 0.408 e. The van der Waals surface area contributed by atoms with Crippen LogP contribution in [0.5, 0.6) is 0 Å². The van der Waals surface area contributed by atoms with E-state index in [-0.39, 0.29) is 12.5 Å². The lowest BCUT2D eigenvalue weighted by atomic mass is 10.0. The van der Waals surface area contributed by atoms with Crippen molar-refractivity contribution in [1.29, 1.82) is 0 Å². The minimum Gasteiger partial charge on any atom is -0.444 e. The number of benzene rings is 2. The van der Waals surface area contributed by atoms with E-state index in [4.69, 9.17) is 27.9 Å². The standard InChI is InChI=1S/C29H32Cl2N4O3/c1-18-24(26(36)33-28(2,3)4)34-35(25(18)20-11-13-21(30)14-12-20)23-15-10-19(17-22(23)31)9-8-16-32-27(37)38-29(5,6)7/h10-15,17H,16H2,1-7H3,(H,32,37)(H,33,36). The van der Waals surface area contributed by atoms with Crippen LogP contribution >= 0.6 is 23.2 Å². The molecular formula is C29H32Cl2N4O3. The van der Waals surface area contributed by atoms with Gasteiger partial charge in [-0.15, -0.1) is 0 Å². The molecule has 3 rings (SSSR count). The summed E-state index contributed by atoms with van der Waals surface area (Å²) in [4.78, 5) is 24.9. The lowest BCUT2D eigenvalue weighted by Crippen LogP contribution is -2.41. The number of halogens is 2. The second-order valence-electron chi connectivity index (χ2n) is 10.8. The molecule has 2 N–H and O–H groups in total. The number of nitrogens with zero attached hydrogens (tertiary/aromatic N) is 2. The number of carbonyl (C=O) groups excluding carboxylic acids is 2. The van der Waals surface area contributed by atoms with E-state index in [0.29, 0.717) is 32.6 Å². The van der Waals surface area contributed by atoms with Crippen molar-refractivity contribution in [2.24, 2.45) is 0 Å². The fraction of sp³-hybridized carbons (Fsp3) is 0.345. The Morgan fingerprint density at radius 1 is 1.03 bits per heavy atom. The number of amides is 2. The zero-order valence-corrected chi connectivity index (χ0v) is 24.1. The van der Waals surface area contributed by atoms with E-state index in [1.54, 1.807) is 55.8 Å². The largest absolute Gasteiger partial charge is 0.444 e. The Morgan fingerprint density at radius 2 is 1.68 bits per heavy atom. The van der Waals surface area contributed by atoms with E-state index in [1.165, 1.54) is 0 Å². The SMILES string of the molecule is Cc1c(C(=O)NC(C)(C)C)nn(-c2ccc(C#CCNC(=O)OC(C)(C)C)cc2Cl)c1-c1ccc(Cl)cc1. The minimum absolute atomic E-state index is 0.125. The molecule has 0 fully saturated rings. The zero-order chi connectivity index (χ0) is 28.3. The van der Waals surface area contributed by atoms with Crippen molar-refractivity contribution >= 4 is 35.2 Å². The Bertz CT molecular complexity index is 1400. The molecule has 0 aliphatic carbocycles. The van der Waals surface area contributed by atoms with Gasteiger partial charge in [0.15, 0.2) is 5.69 Å². The van der Waals surface area contributed by atoms with Crippen molar-refractivity contribution in [1.82, 2.24) is 20.4 Å². The lowest BCUT2D eigenvalue weighted by Gasteiger charge is -2.19. The highest BCUT2D eigenvalue weighted by Crippen LogP contribution is 2.32. The quantitative estimate of drug-likeness (QED) is 0.357. The number of rotatable bonds is 4. The van der Waals surface area contributed by atoms with Crippen LogP contribution in [-0.2, 0) is 4.74 Å². The summed E-state index contributed by atoms with van der Waals surface area (Å²) >= 11 is 12.8. The van der Waals surface area contributed by atoms with Crippen LogP contribution in [0.2, 0.25) is 10.0 Å². The number of nitrogens with one attached hydrogen (secondary N) is 2. The fourth-order valence-electron chi connectivity index (χ4n) is 3.57. The third-order valence-corrected chi connectivity index (χ3v) is 5.63. The predicted octanol–water partition coefficient (Wildman–Crippen LogP) is 6.56. The topological polar surface area (TPSA) is 85.3 Å². The van der Waals surface area contributed by atoms with Crippen LogP contribution in [0.25, 0.3) is 16.9 Å². The average molecular weight is 556 g/mol. The Hall–Kier alpha value is -3.47. The number of hydrogen-bond acceptors (Lipinski definition) is 4. The van der Waals surface area contributed by atoms with Crippen molar-refractivity contribution in [2.45, 2.75) is 59.6 Å². The van der Waals surface area contributed by atoms with E-state index in [0.717, 1.165) is 11.3 Å². The Labute approximate surface area is 233 Å². The third kappa shape index (κ3) is 7.77. The Balaban J connectivity index is 1.95. The minimum atomic E-state index is -0.579. The van der Waals surface area contributed by atoms with Gasteiger partial charge in [0.1, 0.15) is 5.60 Å². The van der Waals surface area contributed by atoms with Crippen LogP contribution in [-0.4, -0.2) is 39.5 Å². The molecule has 0 radical (unpaired) electrons. The molecule has 0 spiro atoms. The van der Waals surface area contributed by atoms with Gasteiger partial charge in [0.2, 0.25) is 0 Å². The van der Waals surface area contributed by atoms with Crippen LogP contribution in [0.4, 0.5) is 4.79 Å². The second kappa shape index (κ2) is 11.5. The molecule has 3 aromatic rings. The molecule has 1 heterocycles. The van der Waals surface area contributed by atoms with E-state index in [9.17, 15) is 9.59 Å². The van der Waals surface area contributed by atoms with Crippen molar-refractivity contribution < 1.29 is 14.3 Å². The molecule has 0 aliphatic rings. The first kappa shape index (κ1) is 29.1. The van der Waals surface area contributed by atoms with Crippen LogP contribution in [0, 0.1) is 18.8 Å². The van der Waals surface area contributed by atoms with Crippen molar-refractivity contribution in [2.75, 3.05) is 6.54 Å². The molecule has 38 heavy (non-hydrogen) atoms. The summed E-state index contributed by atoms with van der Waals surface area (Å²) in [7, 11) is 0. The zero-order valence-electron chi connectivity index (χ0n) is 22.6. The van der Waals surface area contributed by atoms with Crippen LogP contribution in [0.15, 0.2) is 42.5 Å². The van der Waals surface area contributed by atoms with Gasteiger partial charge in [0.05, 0.1) is 22.9 Å². The van der Waals surface area contributed by atoms with Gasteiger partial charge in [0, 0.05) is 27.3 Å². The van der Waals surface area contributed by atoms with Gasteiger partial charge in [-0.25, -0.2) is 9.48 Å². The first-order valence-corrected chi connectivity index (χ1v) is 12.8. The molecule has 2 amide bonds. The molecule has 1 aromatic heterocycles. The molecule has 0 unspecified atom stereocenters. The fourth-order valence-corrected chi connectivity index (χ4v) is 3.95. The molecule has 0 saturated carbocycles.